The number of nitrogens with one attached hydrogen (secondary N) is 1. The topological polar surface area (TPSA) is 52.7 Å². The number of urea groups is 1. The summed E-state index contributed by atoms with van der Waals surface area (Å²) in [5.41, 5.74) is 2.06. The molecule has 1 fully saturated rings. The van der Waals surface area contributed by atoms with E-state index in [0.717, 1.165) is 35.4 Å². The highest BCUT2D eigenvalue weighted by atomic mass is 35.5. The molecule has 3 heterocycles. The first-order valence-corrected chi connectivity index (χ1v) is 10.5. The lowest BCUT2D eigenvalue weighted by molar-refractivity contribution is -0.131. The average Bonchev–Trinajstić information content (AvgIpc) is 3.31. The second-order valence-corrected chi connectivity index (χ2v) is 8.50. The lowest BCUT2D eigenvalue weighted by Crippen LogP contribution is -2.50. The predicted molar refractivity (Wildman–Crippen MR) is 109 cm³/mol. The predicted octanol–water partition coefficient (Wildman–Crippen LogP) is 3.71. The molecule has 2 aliphatic rings. The molecule has 0 atom stereocenters. The number of anilines is 1. The van der Waals surface area contributed by atoms with E-state index in [-0.39, 0.29) is 18.0 Å². The van der Waals surface area contributed by atoms with E-state index in [0.29, 0.717) is 31.1 Å². The van der Waals surface area contributed by atoms with Gasteiger partial charge in [0.25, 0.3) is 0 Å². The molecule has 0 bridgehead atoms. The molecule has 0 spiro atoms. The maximum atomic E-state index is 12.7. The molecule has 2 aliphatic heterocycles. The standard InChI is InChI=1S/C20H22ClN3O2S/c21-15-3-4-18-14(12-15)5-10-24(18)20(26)22-16-6-8-23(9-7-16)19(25)13-17-2-1-11-27-17/h1-4,11-12,16H,5-10,13H2,(H,22,26). The molecule has 7 heteroatoms. The summed E-state index contributed by atoms with van der Waals surface area (Å²) in [6, 6.07) is 9.69. The summed E-state index contributed by atoms with van der Waals surface area (Å²) >= 11 is 7.65. The minimum absolute atomic E-state index is 0.0561. The molecule has 1 N–H and O–H groups in total. The van der Waals surface area contributed by atoms with Crippen molar-refractivity contribution >= 4 is 40.6 Å². The number of benzene rings is 1. The Morgan fingerprint density at radius 2 is 2.00 bits per heavy atom. The van der Waals surface area contributed by atoms with Crippen LogP contribution in [0.3, 0.4) is 0 Å². The fourth-order valence-corrected chi connectivity index (χ4v) is 4.67. The molecule has 0 saturated carbocycles. The summed E-state index contributed by atoms with van der Waals surface area (Å²) in [4.78, 5) is 29.9. The van der Waals surface area contributed by atoms with Gasteiger partial charge in [-0.05, 0) is 54.5 Å². The van der Waals surface area contributed by atoms with E-state index in [1.54, 1.807) is 16.2 Å². The normalized spacial score (nSPS) is 17.1. The highest BCUT2D eigenvalue weighted by Gasteiger charge is 2.28. The smallest absolute Gasteiger partial charge is 0.322 e. The first kappa shape index (κ1) is 18.3. The largest absolute Gasteiger partial charge is 0.342 e. The molecular weight excluding hydrogens is 382 g/mol. The van der Waals surface area contributed by atoms with Crippen LogP contribution in [0.5, 0.6) is 0 Å². The molecule has 1 saturated heterocycles. The molecule has 27 heavy (non-hydrogen) atoms. The van der Waals surface area contributed by atoms with Crippen molar-refractivity contribution in [3.8, 4) is 0 Å². The number of thiophene rings is 1. The van der Waals surface area contributed by atoms with Gasteiger partial charge in [0.15, 0.2) is 0 Å². The minimum atomic E-state index is -0.0561. The van der Waals surface area contributed by atoms with E-state index in [9.17, 15) is 9.59 Å². The number of halogens is 1. The summed E-state index contributed by atoms with van der Waals surface area (Å²) in [6.45, 7) is 2.07. The van der Waals surface area contributed by atoms with Crippen LogP contribution in [0, 0.1) is 0 Å². The number of carbonyl (C=O) groups is 2. The summed E-state index contributed by atoms with van der Waals surface area (Å²) in [5.74, 6) is 0.174. The van der Waals surface area contributed by atoms with Crippen LogP contribution in [-0.4, -0.2) is 42.5 Å². The van der Waals surface area contributed by atoms with Gasteiger partial charge in [-0.1, -0.05) is 17.7 Å². The Hall–Kier alpha value is -2.05. The van der Waals surface area contributed by atoms with Gasteiger partial charge in [-0.2, -0.15) is 0 Å². The highest BCUT2D eigenvalue weighted by molar-refractivity contribution is 7.10. The Bertz CT molecular complexity index is 832. The van der Waals surface area contributed by atoms with E-state index in [1.807, 2.05) is 40.6 Å². The lowest BCUT2D eigenvalue weighted by Gasteiger charge is -2.33. The quantitative estimate of drug-likeness (QED) is 0.849. The van der Waals surface area contributed by atoms with Crippen LogP contribution in [0.2, 0.25) is 5.02 Å². The molecular formula is C20H22ClN3O2S. The van der Waals surface area contributed by atoms with Crippen LogP contribution >= 0.6 is 22.9 Å². The zero-order chi connectivity index (χ0) is 18.8. The highest BCUT2D eigenvalue weighted by Crippen LogP contribution is 2.30. The summed E-state index contributed by atoms with van der Waals surface area (Å²) in [7, 11) is 0. The fraction of sp³-hybridized carbons (Fsp3) is 0.400. The zero-order valence-electron chi connectivity index (χ0n) is 15.0. The van der Waals surface area contributed by atoms with Crippen LogP contribution in [0.1, 0.15) is 23.3 Å². The number of fused-ring (bicyclic) bond motifs is 1. The number of likely N-dealkylation sites (tertiary alicyclic amines) is 1. The molecule has 142 valence electrons. The van der Waals surface area contributed by atoms with Crippen molar-refractivity contribution in [1.29, 1.82) is 0 Å². The number of amides is 3. The van der Waals surface area contributed by atoms with Gasteiger partial charge in [-0.15, -0.1) is 11.3 Å². The Balaban J connectivity index is 1.28. The number of rotatable bonds is 3. The lowest BCUT2D eigenvalue weighted by atomic mass is 10.0. The number of hydrogen-bond acceptors (Lipinski definition) is 3. The van der Waals surface area contributed by atoms with Crippen molar-refractivity contribution in [3.63, 3.8) is 0 Å². The molecule has 2 aromatic rings. The zero-order valence-corrected chi connectivity index (χ0v) is 16.6. The van der Waals surface area contributed by atoms with Gasteiger partial charge in [0, 0.05) is 41.3 Å². The molecule has 1 aromatic heterocycles. The van der Waals surface area contributed by atoms with Crippen molar-refractivity contribution in [2.45, 2.75) is 31.7 Å². The Kier molecular flexibility index (Phi) is 5.36. The molecule has 0 radical (unpaired) electrons. The second kappa shape index (κ2) is 7.90. The summed E-state index contributed by atoms with van der Waals surface area (Å²) in [6.07, 6.45) is 2.90. The van der Waals surface area contributed by atoms with E-state index in [2.05, 4.69) is 5.32 Å². The van der Waals surface area contributed by atoms with Gasteiger partial charge in [0.1, 0.15) is 0 Å². The van der Waals surface area contributed by atoms with E-state index < -0.39 is 0 Å². The van der Waals surface area contributed by atoms with Crippen molar-refractivity contribution in [3.05, 3.63) is 51.2 Å². The molecule has 4 rings (SSSR count). The number of nitrogens with zero attached hydrogens (tertiary/aromatic N) is 2. The minimum Gasteiger partial charge on any atom is -0.342 e. The number of hydrogen-bond donors (Lipinski definition) is 1. The molecule has 3 amide bonds. The van der Waals surface area contributed by atoms with Crippen molar-refractivity contribution in [1.82, 2.24) is 10.2 Å². The number of piperidine rings is 1. The van der Waals surface area contributed by atoms with E-state index in [1.165, 1.54) is 0 Å². The van der Waals surface area contributed by atoms with Gasteiger partial charge < -0.3 is 10.2 Å². The van der Waals surface area contributed by atoms with Crippen LogP contribution in [0.4, 0.5) is 10.5 Å². The maximum Gasteiger partial charge on any atom is 0.322 e. The monoisotopic (exact) mass is 403 g/mol. The Labute approximate surface area is 167 Å². The van der Waals surface area contributed by atoms with Crippen LogP contribution in [0.15, 0.2) is 35.7 Å². The fourth-order valence-electron chi connectivity index (χ4n) is 3.78. The SMILES string of the molecule is O=C(Cc1cccs1)N1CCC(NC(=O)N2CCc3cc(Cl)ccc32)CC1. The van der Waals surface area contributed by atoms with Gasteiger partial charge >= 0.3 is 6.03 Å². The van der Waals surface area contributed by atoms with Gasteiger partial charge in [-0.25, -0.2) is 4.79 Å². The molecule has 5 nitrogen and oxygen atoms in total. The second-order valence-electron chi connectivity index (χ2n) is 7.04. The van der Waals surface area contributed by atoms with Crippen LogP contribution in [0.25, 0.3) is 0 Å². The van der Waals surface area contributed by atoms with Gasteiger partial charge in [0.05, 0.1) is 6.42 Å². The third-order valence-electron chi connectivity index (χ3n) is 5.26. The third kappa shape index (κ3) is 4.12. The Morgan fingerprint density at radius 3 is 2.74 bits per heavy atom. The van der Waals surface area contributed by atoms with Crippen LogP contribution in [-0.2, 0) is 17.6 Å². The third-order valence-corrected chi connectivity index (χ3v) is 6.37. The van der Waals surface area contributed by atoms with E-state index in [4.69, 9.17) is 11.6 Å². The first-order chi connectivity index (χ1) is 13.1. The maximum absolute atomic E-state index is 12.7. The van der Waals surface area contributed by atoms with Crippen molar-refractivity contribution in [2.24, 2.45) is 0 Å². The summed E-state index contributed by atoms with van der Waals surface area (Å²) < 4.78 is 0. The number of carbonyl (C=O) groups excluding carboxylic acids is 2. The molecule has 0 aliphatic carbocycles. The molecule has 1 aromatic carbocycles. The average molecular weight is 404 g/mol. The van der Waals surface area contributed by atoms with E-state index >= 15 is 0 Å². The van der Waals surface area contributed by atoms with Crippen molar-refractivity contribution in [2.75, 3.05) is 24.5 Å². The first-order valence-electron chi connectivity index (χ1n) is 9.27. The molecule has 0 unspecified atom stereocenters. The van der Waals surface area contributed by atoms with Gasteiger partial charge in [-0.3, -0.25) is 9.69 Å². The van der Waals surface area contributed by atoms with Crippen LogP contribution < -0.4 is 10.2 Å². The summed E-state index contributed by atoms with van der Waals surface area (Å²) in [5, 5.41) is 5.84. The van der Waals surface area contributed by atoms with Gasteiger partial charge in [0.2, 0.25) is 5.91 Å². The Morgan fingerprint density at radius 1 is 1.19 bits per heavy atom. The van der Waals surface area contributed by atoms with Crippen molar-refractivity contribution < 1.29 is 9.59 Å².